The van der Waals surface area contributed by atoms with Crippen molar-refractivity contribution in [2.75, 3.05) is 40.8 Å². The number of nitrogens with two attached hydrogens (primary N) is 1. The lowest BCUT2D eigenvalue weighted by Gasteiger charge is -2.27. The third-order valence-corrected chi connectivity index (χ3v) is 3.50. The zero-order valence-corrected chi connectivity index (χ0v) is 13.1. The number of rotatable bonds is 8. The van der Waals surface area contributed by atoms with Crippen LogP contribution in [0.15, 0.2) is 6.20 Å². The van der Waals surface area contributed by atoms with Gasteiger partial charge in [-0.3, -0.25) is 9.58 Å². The van der Waals surface area contributed by atoms with Crippen LogP contribution in [0.4, 0.5) is 0 Å². The Kier molecular flexibility index (Phi) is 6.48. The Bertz CT molecular complexity index is 372. The summed E-state index contributed by atoms with van der Waals surface area (Å²) in [5, 5.41) is 4.52. The Morgan fingerprint density at radius 1 is 1.32 bits per heavy atom. The molecule has 0 spiro atoms. The molecule has 0 saturated carbocycles. The van der Waals surface area contributed by atoms with Gasteiger partial charge in [-0.2, -0.15) is 5.10 Å². The van der Waals surface area contributed by atoms with Crippen LogP contribution in [0, 0.1) is 0 Å². The summed E-state index contributed by atoms with van der Waals surface area (Å²) >= 11 is 0. The second kappa shape index (κ2) is 7.62. The van der Waals surface area contributed by atoms with Crippen molar-refractivity contribution < 1.29 is 0 Å². The maximum atomic E-state index is 5.98. The van der Waals surface area contributed by atoms with Crippen molar-refractivity contribution >= 4 is 0 Å². The van der Waals surface area contributed by atoms with Gasteiger partial charge in [-0.15, -0.1) is 0 Å². The minimum absolute atomic E-state index is 0.269. The summed E-state index contributed by atoms with van der Waals surface area (Å²) in [4.78, 5) is 4.56. The second-order valence-electron chi connectivity index (χ2n) is 5.45. The minimum atomic E-state index is 0.269. The molecule has 2 N–H and O–H groups in total. The van der Waals surface area contributed by atoms with Crippen LogP contribution >= 0.6 is 0 Å². The molecule has 0 aromatic carbocycles. The number of hydrogen-bond acceptors (Lipinski definition) is 4. The normalized spacial score (nSPS) is 13.5. The van der Waals surface area contributed by atoms with Crippen LogP contribution in [0.5, 0.6) is 0 Å². The van der Waals surface area contributed by atoms with E-state index in [9.17, 15) is 0 Å². The maximum Gasteiger partial charge on any atom is 0.0670 e. The summed E-state index contributed by atoms with van der Waals surface area (Å²) < 4.78 is 1.89. The van der Waals surface area contributed by atoms with Crippen LogP contribution in [-0.4, -0.2) is 60.4 Å². The van der Waals surface area contributed by atoms with Crippen LogP contribution < -0.4 is 5.73 Å². The molecular weight excluding hydrogens is 238 g/mol. The largest absolute Gasteiger partial charge is 0.329 e. The molecule has 0 aliphatic rings. The van der Waals surface area contributed by atoms with Gasteiger partial charge in [-0.1, -0.05) is 6.92 Å². The first kappa shape index (κ1) is 16.1. The molecule has 1 aromatic rings. The molecule has 0 radical (unpaired) electrons. The summed E-state index contributed by atoms with van der Waals surface area (Å²) in [7, 11) is 8.34. The monoisotopic (exact) mass is 267 g/mol. The molecule has 1 atom stereocenters. The highest BCUT2D eigenvalue weighted by Gasteiger charge is 2.20. The molecule has 0 saturated heterocycles. The lowest BCUT2D eigenvalue weighted by Crippen LogP contribution is -2.33. The molecule has 110 valence electrons. The zero-order chi connectivity index (χ0) is 14.4. The molecule has 0 fully saturated rings. The highest BCUT2D eigenvalue weighted by Crippen LogP contribution is 2.22. The quantitative estimate of drug-likeness (QED) is 0.759. The molecule has 0 amide bonds. The number of aryl methyl sites for hydroxylation is 2. The van der Waals surface area contributed by atoms with Gasteiger partial charge in [0, 0.05) is 25.4 Å². The van der Waals surface area contributed by atoms with E-state index in [-0.39, 0.29) is 6.04 Å². The summed E-state index contributed by atoms with van der Waals surface area (Å²) in [6, 6.07) is 0.269. The van der Waals surface area contributed by atoms with Crippen LogP contribution in [0.1, 0.15) is 30.6 Å². The maximum absolute atomic E-state index is 5.98. The molecule has 0 aliphatic carbocycles. The Morgan fingerprint density at radius 2 is 2.00 bits per heavy atom. The molecule has 5 nitrogen and oxygen atoms in total. The van der Waals surface area contributed by atoms with E-state index in [0.717, 1.165) is 31.6 Å². The van der Waals surface area contributed by atoms with Crippen LogP contribution in [0.25, 0.3) is 0 Å². The average molecular weight is 267 g/mol. The SMILES string of the molecule is CCc1nn(C)cc1C(CN)N(C)CCCN(C)C. The molecule has 1 unspecified atom stereocenters. The third kappa shape index (κ3) is 4.60. The predicted molar refractivity (Wildman–Crippen MR) is 80.2 cm³/mol. The highest BCUT2D eigenvalue weighted by atomic mass is 15.3. The zero-order valence-electron chi connectivity index (χ0n) is 13.1. The van der Waals surface area contributed by atoms with Crippen LogP contribution in [-0.2, 0) is 13.5 Å². The number of nitrogens with zero attached hydrogens (tertiary/aromatic N) is 4. The van der Waals surface area contributed by atoms with E-state index in [4.69, 9.17) is 5.73 Å². The lowest BCUT2D eigenvalue weighted by atomic mass is 10.1. The minimum Gasteiger partial charge on any atom is -0.329 e. The van der Waals surface area contributed by atoms with Gasteiger partial charge in [0.05, 0.1) is 11.7 Å². The second-order valence-corrected chi connectivity index (χ2v) is 5.45. The lowest BCUT2D eigenvalue weighted by molar-refractivity contribution is 0.234. The van der Waals surface area contributed by atoms with Crippen molar-refractivity contribution in [3.8, 4) is 0 Å². The van der Waals surface area contributed by atoms with E-state index >= 15 is 0 Å². The topological polar surface area (TPSA) is 50.3 Å². The van der Waals surface area contributed by atoms with Crippen molar-refractivity contribution in [2.45, 2.75) is 25.8 Å². The van der Waals surface area contributed by atoms with Crippen molar-refractivity contribution in [1.29, 1.82) is 0 Å². The van der Waals surface area contributed by atoms with E-state index in [2.05, 4.69) is 49.2 Å². The van der Waals surface area contributed by atoms with Gasteiger partial charge in [-0.25, -0.2) is 0 Å². The fraction of sp³-hybridized carbons (Fsp3) is 0.786. The van der Waals surface area contributed by atoms with Gasteiger partial charge < -0.3 is 10.6 Å². The van der Waals surface area contributed by atoms with Gasteiger partial charge in [0.2, 0.25) is 0 Å². The average Bonchev–Trinajstić information content (AvgIpc) is 2.71. The fourth-order valence-electron chi connectivity index (χ4n) is 2.44. The van der Waals surface area contributed by atoms with E-state index < -0.39 is 0 Å². The summed E-state index contributed by atoms with van der Waals surface area (Å²) in [5.74, 6) is 0. The standard InChI is InChI=1S/C14H29N5/c1-6-13-12(11-19(5)16-13)14(10-15)18(4)9-7-8-17(2)3/h11,14H,6-10,15H2,1-5H3. The first-order valence-corrected chi connectivity index (χ1v) is 7.07. The number of likely N-dealkylation sites (N-methyl/N-ethyl adjacent to an activating group) is 1. The predicted octanol–water partition coefficient (Wildman–Crippen LogP) is 0.866. The summed E-state index contributed by atoms with van der Waals surface area (Å²) in [6.07, 6.45) is 4.22. The first-order chi connectivity index (χ1) is 8.99. The Labute approximate surface area is 117 Å². The summed E-state index contributed by atoms with van der Waals surface area (Å²) in [5.41, 5.74) is 8.42. The molecule has 0 aliphatic heterocycles. The molecular formula is C14H29N5. The molecule has 1 heterocycles. The summed E-state index contributed by atoms with van der Waals surface area (Å²) in [6.45, 7) is 4.94. The molecule has 19 heavy (non-hydrogen) atoms. The molecule has 1 aromatic heterocycles. The van der Waals surface area contributed by atoms with E-state index in [0.29, 0.717) is 6.54 Å². The Balaban J connectivity index is 2.70. The molecule has 1 rings (SSSR count). The fourth-order valence-corrected chi connectivity index (χ4v) is 2.44. The van der Waals surface area contributed by atoms with Crippen molar-refractivity contribution in [3.63, 3.8) is 0 Å². The van der Waals surface area contributed by atoms with E-state index in [1.807, 2.05) is 11.7 Å². The van der Waals surface area contributed by atoms with Gasteiger partial charge in [-0.05, 0) is 47.1 Å². The van der Waals surface area contributed by atoms with Gasteiger partial charge in [0.25, 0.3) is 0 Å². The first-order valence-electron chi connectivity index (χ1n) is 7.07. The van der Waals surface area contributed by atoms with Crippen molar-refractivity contribution in [1.82, 2.24) is 19.6 Å². The van der Waals surface area contributed by atoms with Gasteiger partial charge in [0.1, 0.15) is 0 Å². The Morgan fingerprint density at radius 3 is 2.53 bits per heavy atom. The van der Waals surface area contributed by atoms with Crippen molar-refractivity contribution in [2.24, 2.45) is 12.8 Å². The van der Waals surface area contributed by atoms with Gasteiger partial charge >= 0.3 is 0 Å². The third-order valence-electron chi connectivity index (χ3n) is 3.50. The van der Waals surface area contributed by atoms with Gasteiger partial charge in [0.15, 0.2) is 0 Å². The molecule has 5 heteroatoms. The van der Waals surface area contributed by atoms with Crippen LogP contribution in [0.3, 0.4) is 0 Å². The van der Waals surface area contributed by atoms with Crippen LogP contribution in [0.2, 0.25) is 0 Å². The number of hydrogen-bond donors (Lipinski definition) is 1. The molecule has 0 bridgehead atoms. The number of aromatic nitrogens is 2. The smallest absolute Gasteiger partial charge is 0.0670 e. The van der Waals surface area contributed by atoms with E-state index in [1.165, 1.54) is 5.56 Å². The Hall–Kier alpha value is -0.910. The van der Waals surface area contributed by atoms with E-state index in [1.54, 1.807) is 0 Å². The van der Waals surface area contributed by atoms with Crippen molar-refractivity contribution in [3.05, 3.63) is 17.5 Å². The highest BCUT2D eigenvalue weighted by molar-refractivity contribution is 5.22.